The molecule has 7 heteroatoms. The van der Waals surface area contributed by atoms with Gasteiger partial charge in [0.15, 0.2) is 11.5 Å². The van der Waals surface area contributed by atoms with Gasteiger partial charge in [-0.2, -0.15) is 18.4 Å². The molecule has 2 aromatic rings. The fourth-order valence-electron chi connectivity index (χ4n) is 2.41. The van der Waals surface area contributed by atoms with Crippen molar-refractivity contribution in [1.82, 2.24) is 0 Å². The molecule has 0 aliphatic rings. The lowest BCUT2D eigenvalue weighted by Gasteiger charge is -2.17. The zero-order chi connectivity index (χ0) is 20.9. The Labute approximate surface area is 167 Å². The minimum absolute atomic E-state index is 0.0605. The summed E-state index contributed by atoms with van der Waals surface area (Å²) in [5.41, 5.74) is 0.354. The quantitative estimate of drug-likeness (QED) is 0.398. The fourth-order valence-corrected chi connectivity index (χ4v) is 2.67. The summed E-state index contributed by atoms with van der Waals surface area (Å²) in [6, 6.07) is 9.68. The molecule has 3 nitrogen and oxygen atoms in total. The molecule has 0 radical (unpaired) electrons. The van der Waals surface area contributed by atoms with E-state index in [9.17, 15) is 18.4 Å². The average Bonchev–Trinajstić information content (AvgIpc) is 2.67. The molecule has 1 atom stereocenters. The lowest BCUT2D eigenvalue weighted by atomic mass is 10.0. The molecule has 0 N–H and O–H groups in total. The first-order valence-corrected chi connectivity index (χ1v) is 8.91. The van der Waals surface area contributed by atoms with Gasteiger partial charge in [0.25, 0.3) is 0 Å². The van der Waals surface area contributed by atoms with Crippen LogP contribution in [0, 0.1) is 11.3 Å². The van der Waals surface area contributed by atoms with Crippen LogP contribution < -0.4 is 9.47 Å². The van der Waals surface area contributed by atoms with Crippen LogP contribution in [0.1, 0.15) is 37.0 Å². The largest absolute Gasteiger partial charge is 0.493 e. The Morgan fingerprint density at radius 2 is 1.89 bits per heavy atom. The van der Waals surface area contributed by atoms with Crippen molar-refractivity contribution in [2.45, 2.75) is 32.5 Å². The van der Waals surface area contributed by atoms with E-state index in [4.69, 9.17) is 21.1 Å². The van der Waals surface area contributed by atoms with E-state index in [0.717, 1.165) is 18.6 Å². The minimum atomic E-state index is -4.43. The lowest BCUT2D eigenvalue weighted by Crippen LogP contribution is -2.11. The van der Waals surface area contributed by atoms with Gasteiger partial charge in [0.05, 0.1) is 35.4 Å². The number of hydrogen-bond acceptors (Lipinski definition) is 3. The van der Waals surface area contributed by atoms with Gasteiger partial charge in [-0.15, -0.1) is 0 Å². The van der Waals surface area contributed by atoms with Crippen molar-refractivity contribution in [1.29, 1.82) is 5.26 Å². The SMILES string of the molecule is CC[C@H](C)Oc1c(Cl)cc(/C=C(/C#N)c2ccc(C(F)(F)F)cc2)cc1OC. The maximum absolute atomic E-state index is 12.7. The number of methoxy groups -OCH3 is 1. The first kappa shape index (κ1) is 21.6. The number of nitrogens with zero attached hydrogens (tertiary/aromatic N) is 1. The Kier molecular flexibility index (Phi) is 6.98. The molecule has 2 aromatic carbocycles. The molecule has 0 amide bonds. The summed E-state index contributed by atoms with van der Waals surface area (Å²) in [6.45, 7) is 3.88. The van der Waals surface area contributed by atoms with Crippen LogP contribution in [-0.4, -0.2) is 13.2 Å². The minimum Gasteiger partial charge on any atom is -0.493 e. The Balaban J connectivity index is 2.41. The number of ether oxygens (including phenoxy) is 2. The standard InChI is InChI=1S/C21H19ClF3NO2/c1-4-13(2)28-20-18(22)10-14(11-19(20)27-3)9-16(12-26)15-5-7-17(8-6-15)21(23,24)25/h5-11,13H,4H2,1-3H3/b16-9-/t13-/m0/s1. The van der Waals surface area contributed by atoms with Gasteiger partial charge in [0.2, 0.25) is 0 Å². The van der Waals surface area contributed by atoms with E-state index in [1.807, 2.05) is 19.9 Å². The van der Waals surface area contributed by atoms with Crippen LogP contribution in [0.3, 0.4) is 0 Å². The molecule has 0 fully saturated rings. The highest BCUT2D eigenvalue weighted by atomic mass is 35.5. The Bertz CT molecular complexity index is 900. The molecule has 0 heterocycles. The maximum Gasteiger partial charge on any atom is 0.416 e. The Morgan fingerprint density at radius 1 is 1.25 bits per heavy atom. The lowest BCUT2D eigenvalue weighted by molar-refractivity contribution is -0.137. The van der Waals surface area contributed by atoms with Gasteiger partial charge in [-0.25, -0.2) is 0 Å². The summed E-state index contributed by atoms with van der Waals surface area (Å²) < 4.78 is 49.3. The van der Waals surface area contributed by atoms with Crippen LogP contribution in [-0.2, 0) is 6.18 Å². The maximum atomic E-state index is 12.7. The molecule has 0 saturated heterocycles. The number of halogens is 4. The normalized spacial score (nSPS) is 13.0. The molecule has 0 saturated carbocycles. The highest BCUT2D eigenvalue weighted by molar-refractivity contribution is 6.32. The first-order valence-electron chi connectivity index (χ1n) is 8.53. The second kappa shape index (κ2) is 9.03. The van der Waals surface area contributed by atoms with Crippen molar-refractivity contribution >= 4 is 23.3 Å². The van der Waals surface area contributed by atoms with E-state index in [1.54, 1.807) is 12.1 Å². The van der Waals surface area contributed by atoms with Gasteiger partial charge in [-0.05, 0) is 54.8 Å². The first-order chi connectivity index (χ1) is 13.2. The van der Waals surface area contributed by atoms with Crippen molar-refractivity contribution < 1.29 is 22.6 Å². The number of alkyl halides is 3. The van der Waals surface area contributed by atoms with Gasteiger partial charge in [-0.3, -0.25) is 0 Å². The number of hydrogen-bond donors (Lipinski definition) is 0. The predicted octanol–water partition coefficient (Wildman–Crippen LogP) is 6.61. The van der Waals surface area contributed by atoms with E-state index in [2.05, 4.69) is 0 Å². The summed E-state index contributed by atoms with van der Waals surface area (Å²) in [5.74, 6) is 0.812. The summed E-state index contributed by atoms with van der Waals surface area (Å²) in [4.78, 5) is 0. The molecule has 2 rings (SSSR count). The van der Waals surface area contributed by atoms with Crippen LogP contribution in [0.2, 0.25) is 5.02 Å². The molecule has 0 aliphatic carbocycles. The van der Waals surface area contributed by atoms with E-state index in [-0.39, 0.29) is 11.7 Å². The van der Waals surface area contributed by atoms with E-state index in [1.165, 1.54) is 25.3 Å². The molecule has 0 aliphatic heterocycles. The van der Waals surface area contributed by atoms with Gasteiger partial charge in [0.1, 0.15) is 0 Å². The van der Waals surface area contributed by atoms with E-state index in [0.29, 0.717) is 27.6 Å². The molecular formula is C21H19ClF3NO2. The van der Waals surface area contributed by atoms with Crippen LogP contribution in [0.4, 0.5) is 13.2 Å². The molecular weight excluding hydrogens is 391 g/mol. The third kappa shape index (κ3) is 5.20. The molecule has 148 valence electrons. The monoisotopic (exact) mass is 409 g/mol. The van der Waals surface area contributed by atoms with E-state index < -0.39 is 11.7 Å². The van der Waals surface area contributed by atoms with E-state index >= 15 is 0 Å². The molecule has 0 unspecified atom stereocenters. The van der Waals surface area contributed by atoms with Gasteiger partial charge in [-0.1, -0.05) is 30.7 Å². The number of benzene rings is 2. The van der Waals surface area contributed by atoms with Crippen molar-refractivity contribution in [2.24, 2.45) is 0 Å². The topological polar surface area (TPSA) is 42.2 Å². The second-order valence-electron chi connectivity index (χ2n) is 6.12. The third-order valence-corrected chi connectivity index (χ3v) is 4.38. The Morgan fingerprint density at radius 3 is 2.39 bits per heavy atom. The molecule has 0 aromatic heterocycles. The van der Waals surface area contributed by atoms with Crippen molar-refractivity contribution in [3.05, 3.63) is 58.1 Å². The van der Waals surface area contributed by atoms with Crippen molar-refractivity contribution in [3.8, 4) is 17.6 Å². The van der Waals surface area contributed by atoms with Crippen molar-refractivity contribution in [3.63, 3.8) is 0 Å². The zero-order valence-electron chi connectivity index (χ0n) is 15.6. The summed E-state index contributed by atoms with van der Waals surface area (Å²) in [6.07, 6.45) is -2.17. The molecule has 0 spiro atoms. The number of nitriles is 1. The average molecular weight is 410 g/mol. The summed E-state index contributed by atoms with van der Waals surface area (Å²) >= 11 is 6.32. The highest BCUT2D eigenvalue weighted by Gasteiger charge is 2.30. The van der Waals surface area contributed by atoms with Crippen LogP contribution in [0.5, 0.6) is 11.5 Å². The molecule has 28 heavy (non-hydrogen) atoms. The van der Waals surface area contributed by atoms with Gasteiger partial charge in [0, 0.05) is 0 Å². The second-order valence-corrected chi connectivity index (χ2v) is 6.52. The molecule has 0 bridgehead atoms. The van der Waals surface area contributed by atoms with Crippen molar-refractivity contribution in [2.75, 3.05) is 7.11 Å². The van der Waals surface area contributed by atoms with Crippen LogP contribution in [0.15, 0.2) is 36.4 Å². The zero-order valence-corrected chi connectivity index (χ0v) is 16.4. The van der Waals surface area contributed by atoms with Gasteiger partial charge < -0.3 is 9.47 Å². The summed E-state index contributed by atoms with van der Waals surface area (Å²) in [7, 11) is 1.48. The smallest absolute Gasteiger partial charge is 0.416 e. The van der Waals surface area contributed by atoms with Crippen LogP contribution in [0.25, 0.3) is 11.6 Å². The summed E-state index contributed by atoms with van der Waals surface area (Å²) in [5, 5.41) is 9.76. The number of rotatable bonds is 6. The highest BCUT2D eigenvalue weighted by Crippen LogP contribution is 2.38. The fraction of sp³-hybridized carbons (Fsp3) is 0.286. The van der Waals surface area contributed by atoms with Crippen LogP contribution >= 0.6 is 11.6 Å². The van der Waals surface area contributed by atoms with Gasteiger partial charge >= 0.3 is 6.18 Å². The number of allylic oxidation sites excluding steroid dienone is 1. The predicted molar refractivity (Wildman–Crippen MR) is 103 cm³/mol. The Hall–Kier alpha value is -2.65. The third-order valence-electron chi connectivity index (χ3n) is 4.10.